The minimum Gasteiger partial charge on any atom is -0.469 e. The number of nitrogens with zero attached hydrogens (tertiary/aromatic N) is 1. The molecule has 1 saturated carbocycles. The SMILES string of the molecule is CC(C)[C@@H]1CC[C@@H](C)C[C@H]1OCC1=NN[C@@H](c2ccccc2)[C@@H]1c1ccco1. The highest BCUT2D eigenvalue weighted by molar-refractivity contribution is 5.93. The second kappa shape index (κ2) is 8.52. The van der Waals surface area contributed by atoms with Gasteiger partial charge >= 0.3 is 0 Å². The lowest BCUT2D eigenvalue weighted by Gasteiger charge is -2.37. The Kier molecular flexibility index (Phi) is 5.86. The summed E-state index contributed by atoms with van der Waals surface area (Å²) in [6, 6.07) is 14.5. The first kappa shape index (κ1) is 19.3. The van der Waals surface area contributed by atoms with E-state index in [0.29, 0.717) is 24.5 Å². The largest absolute Gasteiger partial charge is 0.469 e. The van der Waals surface area contributed by atoms with Crippen LogP contribution in [0.2, 0.25) is 0 Å². The van der Waals surface area contributed by atoms with E-state index in [-0.39, 0.29) is 12.0 Å². The highest BCUT2D eigenvalue weighted by atomic mass is 16.5. The van der Waals surface area contributed by atoms with Crippen LogP contribution in [0.1, 0.15) is 63.3 Å². The minimum atomic E-state index is 0.0657. The van der Waals surface area contributed by atoms with Crippen molar-refractivity contribution in [2.24, 2.45) is 22.9 Å². The molecule has 1 aliphatic heterocycles. The molecule has 0 bridgehead atoms. The molecular formula is C24H32N2O2. The van der Waals surface area contributed by atoms with E-state index >= 15 is 0 Å². The van der Waals surface area contributed by atoms with E-state index in [1.807, 2.05) is 18.2 Å². The van der Waals surface area contributed by atoms with Crippen LogP contribution in [-0.4, -0.2) is 18.4 Å². The van der Waals surface area contributed by atoms with Crippen molar-refractivity contribution >= 4 is 5.71 Å². The molecule has 0 radical (unpaired) electrons. The zero-order chi connectivity index (χ0) is 19.5. The zero-order valence-corrected chi connectivity index (χ0v) is 17.2. The zero-order valence-electron chi connectivity index (χ0n) is 17.2. The molecule has 0 unspecified atom stereocenters. The molecule has 2 heterocycles. The molecule has 1 aromatic heterocycles. The number of nitrogens with one attached hydrogen (secondary N) is 1. The third-order valence-corrected chi connectivity index (χ3v) is 6.45. The van der Waals surface area contributed by atoms with Gasteiger partial charge in [-0.2, -0.15) is 5.10 Å². The lowest BCUT2D eigenvalue weighted by Crippen LogP contribution is -2.36. The number of hydrazone groups is 1. The Balaban J connectivity index is 1.50. The van der Waals surface area contributed by atoms with Gasteiger partial charge in [0, 0.05) is 0 Å². The summed E-state index contributed by atoms with van der Waals surface area (Å²) in [7, 11) is 0. The summed E-state index contributed by atoms with van der Waals surface area (Å²) in [4.78, 5) is 0. The smallest absolute Gasteiger partial charge is 0.115 e. The van der Waals surface area contributed by atoms with Gasteiger partial charge in [-0.25, -0.2) is 0 Å². The average Bonchev–Trinajstić information content (AvgIpc) is 3.36. The van der Waals surface area contributed by atoms with Crippen molar-refractivity contribution in [2.45, 2.75) is 58.1 Å². The van der Waals surface area contributed by atoms with Crippen molar-refractivity contribution in [1.82, 2.24) is 5.43 Å². The molecule has 28 heavy (non-hydrogen) atoms. The van der Waals surface area contributed by atoms with Gasteiger partial charge in [-0.3, -0.25) is 0 Å². The molecule has 4 nitrogen and oxygen atoms in total. The monoisotopic (exact) mass is 380 g/mol. The average molecular weight is 381 g/mol. The summed E-state index contributed by atoms with van der Waals surface area (Å²) in [6.45, 7) is 7.55. The third-order valence-electron chi connectivity index (χ3n) is 6.45. The van der Waals surface area contributed by atoms with Gasteiger partial charge in [-0.1, -0.05) is 57.5 Å². The van der Waals surface area contributed by atoms with E-state index in [2.05, 4.69) is 55.6 Å². The van der Waals surface area contributed by atoms with Crippen LogP contribution in [-0.2, 0) is 4.74 Å². The molecule has 1 N–H and O–H groups in total. The molecule has 2 aliphatic rings. The number of furan rings is 1. The Labute approximate surface area is 168 Å². The normalized spacial score (nSPS) is 30.3. The van der Waals surface area contributed by atoms with Crippen LogP contribution < -0.4 is 5.43 Å². The second-order valence-corrected chi connectivity index (χ2v) is 8.79. The molecule has 1 fully saturated rings. The second-order valence-electron chi connectivity index (χ2n) is 8.79. The van der Waals surface area contributed by atoms with Crippen LogP contribution in [0.5, 0.6) is 0 Å². The molecule has 1 aliphatic carbocycles. The molecule has 5 atom stereocenters. The predicted octanol–water partition coefficient (Wildman–Crippen LogP) is 5.54. The van der Waals surface area contributed by atoms with Gasteiger partial charge in [0.15, 0.2) is 0 Å². The van der Waals surface area contributed by atoms with Gasteiger partial charge in [0.1, 0.15) is 5.76 Å². The lowest BCUT2D eigenvalue weighted by atomic mass is 9.75. The molecule has 150 valence electrons. The molecule has 4 rings (SSSR count). The quantitative estimate of drug-likeness (QED) is 0.715. The standard InChI is InChI=1S/C24H32N2O2/c1-16(2)19-12-11-17(3)14-22(19)28-15-20-23(21-10-7-13-27-21)24(26-25-20)18-8-5-4-6-9-18/h4-10,13,16-17,19,22-24,26H,11-12,14-15H2,1-3H3/t17-,19+,22-,23+,24+/m1/s1. The molecule has 0 amide bonds. The molecular weight excluding hydrogens is 348 g/mol. The number of hydrogen-bond acceptors (Lipinski definition) is 4. The number of benzene rings is 1. The highest BCUT2D eigenvalue weighted by Gasteiger charge is 2.38. The van der Waals surface area contributed by atoms with Gasteiger partial charge < -0.3 is 14.6 Å². The van der Waals surface area contributed by atoms with Gasteiger partial charge in [0.25, 0.3) is 0 Å². The van der Waals surface area contributed by atoms with Crippen LogP contribution in [0.3, 0.4) is 0 Å². The van der Waals surface area contributed by atoms with Crippen LogP contribution in [0, 0.1) is 17.8 Å². The first-order valence-corrected chi connectivity index (χ1v) is 10.7. The fourth-order valence-corrected chi connectivity index (χ4v) is 4.83. The Morgan fingerprint density at radius 3 is 2.68 bits per heavy atom. The Hall–Kier alpha value is -2.07. The van der Waals surface area contributed by atoms with Crippen molar-refractivity contribution < 1.29 is 9.15 Å². The van der Waals surface area contributed by atoms with Crippen molar-refractivity contribution in [3.8, 4) is 0 Å². The number of ether oxygens (including phenoxy) is 1. The van der Waals surface area contributed by atoms with Crippen LogP contribution >= 0.6 is 0 Å². The van der Waals surface area contributed by atoms with Crippen molar-refractivity contribution in [2.75, 3.05) is 6.61 Å². The number of hydrogen-bond donors (Lipinski definition) is 1. The summed E-state index contributed by atoms with van der Waals surface area (Å²) < 4.78 is 12.3. The van der Waals surface area contributed by atoms with E-state index in [1.165, 1.54) is 18.4 Å². The Morgan fingerprint density at radius 2 is 1.96 bits per heavy atom. The van der Waals surface area contributed by atoms with Crippen LogP contribution in [0.15, 0.2) is 58.2 Å². The maximum Gasteiger partial charge on any atom is 0.115 e. The Morgan fingerprint density at radius 1 is 1.14 bits per heavy atom. The fourth-order valence-electron chi connectivity index (χ4n) is 4.83. The molecule has 4 heteroatoms. The molecule has 2 aromatic rings. The summed E-state index contributed by atoms with van der Waals surface area (Å²) in [5.41, 5.74) is 5.59. The molecule has 1 aromatic carbocycles. The van der Waals surface area contributed by atoms with Crippen LogP contribution in [0.4, 0.5) is 0 Å². The summed E-state index contributed by atoms with van der Waals surface area (Å²) in [6.07, 6.45) is 5.79. The highest BCUT2D eigenvalue weighted by Crippen LogP contribution is 2.38. The first-order chi connectivity index (χ1) is 13.6. The van der Waals surface area contributed by atoms with Gasteiger partial charge in [-0.05, 0) is 48.3 Å². The van der Waals surface area contributed by atoms with Crippen molar-refractivity contribution in [3.63, 3.8) is 0 Å². The Bertz CT molecular complexity index is 769. The summed E-state index contributed by atoms with van der Waals surface area (Å²) in [5, 5.41) is 4.69. The minimum absolute atomic E-state index is 0.0657. The van der Waals surface area contributed by atoms with Gasteiger partial charge in [0.2, 0.25) is 0 Å². The van der Waals surface area contributed by atoms with E-state index in [9.17, 15) is 0 Å². The van der Waals surface area contributed by atoms with E-state index in [4.69, 9.17) is 9.15 Å². The summed E-state index contributed by atoms with van der Waals surface area (Å²) in [5.74, 6) is 3.04. The van der Waals surface area contributed by atoms with Crippen molar-refractivity contribution in [1.29, 1.82) is 0 Å². The van der Waals surface area contributed by atoms with Crippen molar-refractivity contribution in [3.05, 3.63) is 60.1 Å². The topological polar surface area (TPSA) is 46.8 Å². The molecule has 0 saturated heterocycles. The maximum absolute atomic E-state index is 6.51. The summed E-state index contributed by atoms with van der Waals surface area (Å²) >= 11 is 0. The number of rotatable bonds is 6. The fraction of sp³-hybridized carbons (Fsp3) is 0.542. The predicted molar refractivity (Wildman–Crippen MR) is 112 cm³/mol. The van der Waals surface area contributed by atoms with E-state index < -0.39 is 0 Å². The van der Waals surface area contributed by atoms with E-state index in [1.54, 1.807) is 6.26 Å². The lowest BCUT2D eigenvalue weighted by molar-refractivity contribution is -0.0225. The first-order valence-electron chi connectivity index (χ1n) is 10.7. The maximum atomic E-state index is 6.51. The van der Waals surface area contributed by atoms with Gasteiger partial charge in [-0.15, -0.1) is 0 Å². The third kappa shape index (κ3) is 4.02. The van der Waals surface area contributed by atoms with Gasteiger partial charge in [0.05, 0.1) is 36.6 Å². The van der Waals surface area contributed by atoms with E-state index in [0.717, 1.165) is 23.8 Å². The molecule has 0 spiro atoms. The van der Waals surface area contributed by atoms with Crippen LogP contribution in [0.25, 0.3) is 0 Å².